The maximum Gasteiger partial charge on any atom is 0.338 e. The molecule has 34 heavy (non-hydrogen) atoms. The van der Waals surface area contributed by atoms with Gasteiger partial charge in [-0.25, -0.2) is 4.79 Å². The van der Waals surface area contributed by atoms with Gasteiger partial charge in [-0.3, -0.25) is 9.88 Å². The molecule has 1 aliphatic rings. The first-order valence-corrected chi connectivity index (χ1v) is 12.3. The first kappa shape index (κ1) is 23.9. The minimum atomic E-state index is -0.334. The Balaban J connectivity index is 1.84. The molecule has 2 heterocycles. The summed E-state index contributed by atoms with van der Waals surface area (Å²) in [6, 6.07) is 16.1. The van der Waals surface area contributed by atoms with Gasteiger partial charge in [0, 0.05) is 59.0 Å². The lowest BCUT2D eigenvalue weighted by Crippen LogP contribution is -2.30. The summed E-state index contributed by atoms with van der Waals surface area (Å²) in [5, 5.41) is 3.31. The van der Waals surface area contributed by atoms with Crippen LogP contribution >= 0.6 is 11.8 Å². The van der Waals surface area contributed by atoms with Crippen LogP contribution in [0.5, 0.6) is 5.75 Å². The second-order valence-electron chi connectivity index (χ2n) is 7.89. The van der Waals surface area contributed by atoms with Gasteiger partial charge in [0.25, 0.3) is 0 Å². The summed E-state index contributed by atoms with van der Waals surface area (Å²) in [6.07, 6.45) is 5.51. The minimum Gasteiger partial charge on any atom is -0.477 e. The van der Waals surface area contributed by atoms with Crippen molar-refractivity contribution >= 4 is 29.0 Å². The molecule has 6 nitrogen and oxygen atoms in total. The van der Waals surface area contributed by atoms with Gasteiger partial charge in [-0.05, 0) is 49.9 Å². The van der Waals surface area contributed by atoms with Crippen LogP contribution in [0, 0.1) is 0 Å². The summed E-state index contributed by atoms with van der Waals surface area (Å²) in [7, 11) is 3.88. The lowest BCUT2D eigenvalue weighted by atomic mass is 9.90. The monoisotopic (exact) mass is 475 g/mol. The third kappa shape index (κ3) is 5.26. The van der Waals surface area contributed by atoms with Gasteiger partial charge in [0.15, 0.2) is 0 Å². The van der Waals surface area contributed by atoms with Crippen LogP contribution in [-0.2, 0) is 16.1 Å². The number of carbonyl (C=O) groups excluding carboxylic acids is 1. The minimum absolute atomic E-state index is 0.310. The van der Waals surface area contributed by atoms with Gasteiger partial charge in [0.1, 0.15) is 12.5 Å². The zero-order chi connectivity index (χ0) is 23.9. The van der Waals surface area contributed by atoms with Crippen LogP contribution in [0.1, 0.15) is 18.1 Å². The lowest BCUT2D eigenvalue weighted by Gasteiger charge is -2.31. The van der Waals surface area contributed by atoms with Crippen molar-refractivity contribution in [2.24, 2.45) is 0 Å². The molecule has 0 atom stereocenters. The summed E-state index contributed by atoms with van der Waals surface area (Å²) in [5.74, 6) is 1.10. The molecule has 2 aromatic carbocycles. The number of fused-ring (bicyclic) bond motifs is 1. The van der Waals surface area contributed by atoms with E-state index in [1.807, 2.05) is 63.5 Å². The van der Waals surface area contributed by atoms with Crippen LogP contribution in [0.3, 0.4) is 0 Å². The molecular formula is C27H29N3O3S. The number of rotatable bonds is 8. The van der Waals surface area contributed by atoms with Crippen LogP contribution in [-0.4, -0.2) is 49.0 Å². The second kappa shape index (κ2) is 11.2. The fraction of sp³-hybridized carbons (Fsp3) is 0.259. The molecule has 176 valence electrons. The van der Waals surface area contributed by atoms with Gasteiger partial charge in [0.2, 0.25) is 0 Å². The van der Waals surface area contributed by atoms with E-state index in [0.717, 1.165) is 38.6 Å². The zero-order valence-electron chi connectivity index (χ0n) is 19.7. The summed E-state index contributed by atoms with van der Waals surface area (Å²) < 4.78 is 11.7. The molecule has 1 aromatic heterocycles. The summed E-state index contributed by atoms with van der Waals surface area (Å²) in [4.78, 5) is 20.6. The van der Waals surface area contributed by atoms with Crippen LogP contribution in [0.2, 0.25) is 0 Å². The van der Waals surface area contributed by atoms with Gasteiger partial charge in [-0.15, -0.1) is 11.8 Å². The number of pyridine rings is 1. The van der Waals surface area contributed by atoms with Crippen molar-refractivity contribution in [1.29, 1.82) is 0 Å². The SMILES string of the molecule is CCOC(=O)/C(=C\CSc1ccccc1)c1c(NC)cc(-c2ccncc2)c2c1CN(C)CO2. The predicted octanol–water partition coefficient (Wildman–Crippen LogP) is 5.31. The zero-order valence-corrected chi connectivity index (χ0v) is 20.5. The Morgan fingerprint density at radius 1 is 1.24 bits per heavy atom. The largest absolute Gasteiger partial charge is 0.477 e. The molecule has 0 aliphatic carbocycles. The summed E-state index contributed by atoms with van der Waals surface area (Å²) in [6.45, 7) is 3.27. The van der Waals surface area contributed by atoms with Gasteiger partial charge >= 0.3 is 5.97 Å². The van der Waals surface area contributed by atoms with Crippen molar-refractivity contribution in [2.45, 2.75) is 18.4 Å². The van der Waals surface area contributed by atoms with Gasteiger partial charge in [0.05, 0.1) is 12.2 Å². The fourth-order valence-corrected chi connectivity index (χ4v) is 4.80. The molecule has 0 unspecified atom stereocenters. The van der Waals surface area contributed by atoms with E-state index in [4.69, 9.17) is 9.47 Å². The Bertz CT molecular complexity index is 1170. The molecule has 0 spiro atoms. The van der Waals surface area contributed by atoms with Gasteiger partial charge in [-0.1, -0.05) is 24.3 Å². The number of aromatic nitrogens is 1. The number of nitrogens with zero attached hydrogens (tertiary/aromatic N) is 2. The standard InChI is InChI=1S/C27H29N3O3S/c1-4-32-27(31)21(12-15-34-20-8-6-5-7-9-20)25-23-17-30(3)18-33-26(23)22(16-24(25)28-2)19-10-13-29-14-11-19/h5-14,16,28H,4,15,17-18H2,1-3H3/b21-12-. The van der Waals surface area contributed by atoms with E-state index in [0.29, 0.717) is 31.2 Å². The number of thioether (sulfide) groups is 1. The van der Waals surface area contributed by atoms with Crippen molar-refractivity contribution in [2.75, 3.05) is 38.5 Å². The Kier molecular flexibility index (Phi) is 7.87. The van der Waals surface area contributed by atoms with Crippen LogP contribution in [0.25, 0.3) is 16.7 Å². The molecule has 3 aromatic rings. The molecule has 0 radical (unpaired) electrons. The highest BCUT2D eigenvalue weighted by Crippen LogP contribution is 2.44. The molecule has 0 amide bonds. The van der Waals surface area contributed by atoms with E-state index < -0.39 is 0 Å². The molecular weight excluding hydrogens is 446 g/mol. The number of hydrogen-bond acceptors (Lipinski definition) is 7. The number of ether oxygens (including phenoxy) is 2. The Morgan fingerprint density at radius 3 is 2.71 bits per heavy atom. The number of benzene rings is 2. The Labute approximate surface area is 205 Å². The van der Waals surface area contributed by atoms with Gasteiger partial charge < -0.3 is 14.8 Å². The van der Waals surface area contributed by atoms with Gasteiger partial charge in [-0.2, -0.15) is 0 Å². The molecule has 0 fully saturated rings. The topological polar surface area (TPSA) is 63.7 Å². The van der Waals surface area contributed by atoms with Crippen LogP contribution in [0.4, 0.5) is 5.69 Å². The number of anilines is 1. The first-order chi connectivity index (χ1) is 16.6. The molecule has 0 bridgehead atoms. The number of esters is 1. The van der Waals surface area contributed by atoms with Crippen LogP contribution < -0.4 is 10.1 Å². The Hall–Kier alpha value is -3.29. The first-order valence-electron chi connectivity index (χ1n) is 11.3. The molecule has 4 rings (SSSR count). The quantitative estimate of drug-likeness (QED) is 0.269. The summed E-state index contributed by atoms with van der Waals surface area (Å²) in [5.41, 5.74) is 5.19. The van der Waals surface area contributed by atoms with Crippen molar-refractivity contribution in [3.05, 3.63) is 78.1 Å². The maximum atomic E-state index is 13.2. The average Bonchev–Trinajstić information content (AvgIpc) is 2.87. The highest BCUT2D eigenvalue weighted by molar-refractivity contribution is 7.99. The highest BCUT2D eigenvalue weighted by atomic mass is 32.2. The third-order valence-corrected chi connectivity index (χ3v) is 6.48. The average molecular weight is 476 g/mol. The summed E-state index contributed by atoms with van der Waals surface area (Å²) >= 11 is 1.68. The lowest BCUT2D eigenvalue weighted by molar-refractivity contribution is -0.136. The normalized spacial score (nSPS) is 13.7. The highest BCUT2D eigenvalue weighted by Gasteiger charge is 2.29. The number of carbonyl (C=O) groups is 1. The van der Waals surface area contributed by atoms with E-state index in [2.05, 4.69) is 27.3 Å². The number of hydrogen-bond donors (Lipinski definition) is 1. The van der Waals surface area contributed by atoms with E-state index in [9.17, 15) is 4.79 Å². The Morgan fingerprint density at radius 2 is 2.00 bits per heavy atom. The molecule has 1 N–H and O–H groups in total. The van der Waals surface area contributed by atoms with E-state index in [1.54, 1.807) is 24.2 Å². The van der Waals surface area contributed by atoms with Crippen molar-refractivity contribution < 1.29 is 14.3 Å². The molecule has 7 heteroatoms. The van der Waals surface area contributed by atoms with Crippen molar-refractivity contribution in [3.8, 4) is 16.9 Å². The van der Waals surface area contributed by atoms with Crippen LogP contribution in [0.15, 0.2) is 71.9 Å². The predicted molar refractivity (Wildman–Crippen MR) is 138 cm³/mol. The number of nitrogens with one attached hydrogen (secondary N) is 1. The second-order valence-corrected chi connectivity index (χ2v) is 8.98. The molecule has 0 saturated carbocycles. The maximum absolute atomic E-state index is 13.2. The van der Waals surface area contributed by atoms with Crippen molar-refractivity contribution in [3.63, 3.8) is 0 Å². The molecule has 0 saturated heterocycles. The third-order valence-electron chi connectivity index (χ3n) is 5.54. The smallest absolute Gasteiger partial charge is 0.338 e. The van der Waals surface area contributed by atoms with Crippen molar-refractivity contribution in [1.82, 2.24) is 9.88 Å². The molecule has 1 aliphatic heterocycles. The van der Waals surface area contributed by atoms with E-state index in [1.165, 1.54) is 0 Å². The van der Waals surface area contributed by atoms with E-state index >= 15 is 0 Å². The van der Waals surface area contributed by atoms with E-state index in [-0.39, 0.29) is 5.97 Å². The fourth-order valence-electron chi connectivity index (χ4n) is 4.01.